The number of unbranched alkanes of at least 4 members (excludes halogenated alkanes) is 2. The van der Waals surface area contributed by atoms with E-state index in [4.69, 9.17) is 0 Å². The molecule has 0 aromatic heterocycles. The number of halogens is 1. The fourth-order valence-corrected chi connectivity index (χ4v) is 2.26. The number of benzene rings is 1. The predicted octanol–water partition coefficient (Wildman–Crippen LogP) is 3.39. The molecule has 0 bridgehead atoms. The topological polar surface area (TPSA) is 23.6 Å². The van der Waals surface area contributed by atoms with Crippen molar-refractivity contribution in [2.24, 2.45) is 0 Å². The molecule has 0 radical (unpaired) electrons. The molecule has 0 fully saturated rings. The van der Waals surface area contributed by atoms with Crippen LogP contribution in [0.5, 0.6) is 0 Å². The average molecular weight is 327 g/mol. The van der Waals surface area contributed by atoms with Crippen LogP contribution in [-0.4, -0.2) is 43.8 Å². The lowest BCUT2D eigenvalue weighted by Crippen LogP contribution is -2.28. The van der Waals surface area contributed by atoms with Crippen molar-refractivity contribution >= 4 is 27.5 Å². The normalized spacial score (nSPS) is 10.3. The molecule has 0 saturated carbocycles. The zero-order valence-electron chi connectivity index (χ0n) is 12.0. The number of hydrogen-bond donors (Lipinski definition) is 0. The first-order valence-electron chi connectivity index (χ1n) is 6.65. The third kappa shape index (κ3) is 5.23. The summed E-state index contributed by atoms with van der Waals surface area (Å²) in [5, 5.41) is 1.04. The maximum absolute atomic E-state index is 12.3. The van der Waals surface area contributed by atoms with Crippen molar-refractivity contribution in [3.8, 4) is 0 Å². The van der Waals surface area contributed by atoms with Crippen LogP contribution in [0.1, 0.15) is 29.6 Å². The van der Waals surface area contributed by atoms with Gasteiger partial charge in [-0.15, -0.1) is 0 Å². The van der Waals surface area contributed by atoms with Gasteiger partial charge in [-0.25, -0.2) is 0 Å². The summed E-state index contributed by atoms with van der Waals surface area (Å²) >= 11 is 3.42. The van der Waals surface area contributed by atoms with Crippen LogP contribution in [-0.2, 0) is 0 Å². The molecular weight excluding hydrogens is 304 g/mol. The van der Waals surface area contributed by atoms with Gasteiger partial charge in [-0.3, -0.25) is 4.79 Å². The van der Waals surface area contributed by atoms with E-state index in [0.717, 1.165) is 42.4 Å². The summed E-state index contributed by atoms with van der Waals surface area (Å²) < 4.78 is 0. The summed E-state index contributed by atoms with van der Waals surface area (Å²) in [5.74, 6) is 0.0996. The Morgan fingerprint density at radius 1 is 1.16 bits per heavy atom. The summed E-state index contributed by atoms with van der Waals surface area (Å²) in [6, 6.07) is 7.76. The standard InChI is InChI=1S/C15H23BrN2O/c1-17(2)14-9-7-8-13(12-14)15(19)18(3)11-6-4-5-10-16/h7-9,12H,4-6,10-11H2,1-3H3. The van der Waals surface area contributed by atoms with E-state index >= 15 is 0 Å². The molecule has 1 aromatic rings. The summed E-state index contributed by atoms with van der Waals surface area (Å²) in [4.78, 5) is 16.1. The predicted molar refractivity (Wildman–Crippen MR) is 85.4 cm³/mol. The second kappa shape index (κ2) is 8.20. The molecule has 0 aliphatic carbocycles. The molecule has 0 aliphatic heterocycles. The summed E-state index contributed by atoms with van der Waals surface area (Å²) in [6.07, 6.45) is 3.37. The zero-order valence-corrected chi connectivity index (χ0v) is 13.6. The van der Waals surface area contributed by atoms with Crippen molar-refractivity contribution in [3.63, 3.8) is 0 Å². The fourth-order valence-electron chi connectivity index (χ4n) is 1.86. The monoisotopic (exact) mass is 326 g/mol. The number of hydrogen-bond acceptors (Lipinski definition) is 2. The van der Waals surface area contributed by atoms with Crippen LogP contribution >= 0.6 is 15.9 Å². The summed E-state index contributed by atoms with van der Waals surface area (Å²) in [7, 11) is 5.83. The summed E-state index contributed by atoms with van der Waals surface area (Å²) in [5.41, 5.74) is 1.81. The molecule has 19 heavy (non-hydrogen) atoms. The molecule has 1 aromatic carbocycles. The summed E-state index contributed by atoms with van der Waals surface area (Å²) in [6.45, 7) is 0.817. The Hall–Kier alpha value is -1.03. The van der Waals surface area contributed by atoms with Crippen molar-refractivity contribution in [3.05, 3.63) is 29.8 Å². The number of carbonyl (C=O) groups excluding carboxylic acids is 1. The van der Waals surface area contributed by atoms with E-state index in [1.165, 1.54) is 0 Å². The molecule has 0 aliphatic rings. The van der Waals surface area contributed by atoms with Gasteiger partial charge in [0.15, 0.2) is 0 Å². The molecular formula is C15H23BrN2O. The largest absolute Gasteiger partial charge is 0.378 e. The Morgan fingerprint density at radius 3 is 2.53 bits per heavy atom. The van der Waals surface area contributed by atoms with Crippen LogP contribution in [0.25, 0.3) is 0 Å². The van der Waals surface area contributed by atoms with E-state index in [-0.39, 0.29) is 5.91 Å². The maximum Gasteiger partial charge on any atom is 0.253 e. The minimum Gasteiger partial charge on any atom is -0.378 e. The minimum absolute atomic E-state index is 0.0996. The Bertz CT molecular complexity index is 407. The van der Waals surface area contributed by atoms with Gasteiger partial charge in [0.05, 0.1) is 0 Å². The SMILES string of the molecule is CN(CCCCCBr)C(=O)c1cccc(N(C)C)c1. The average Bonchev–Trinajstić information content (AvgIpc) is 2.42. The third-order valence-corrected chi connectivity index (χ3v) is 3.64. The van der Waals surface area contributed by atoms with Crippen LogP contribution in [0.2, 0.25) is 0 Å². The van der Waals surface area contributed by atoms with Crippen LogP contribution in [0.4, 0.5) is 5.69 Å². The number of alkyl halides is 1. The number of amides is 1. The van der Waals surface area contributed by atoms with E-state index in [1.54, 1.807) is 0 Å². The molecule has 4 heteroatoms. The number of nitrogens with zero attached hydrogens (tertiary/aromatic N) is 2. The molecule has 0 saturated heterocycles. The number of carbonyl (C=O) groups is 1. The van der Waals surface area contributed by atoms with Gasteiger partial charge >= 0.3 is 0 Å². The van der Waals surface area contributed by atoms with Gasteiger partial charge < -0.3 is 9.80 Å². The lowest BCUT2D eigenvalue weighted by Gasteiger charge is -2.19. The lowest BCUT2D eigenvalue weighted by molar-refractivity contribution is 0.0793. The molecule has 0 heterocycles. The molecule has 106 valence electrons. The van der Waals surface area contributed by atoms with Gasteiger partial charge in [0.25, 0.3) is 5.91 Å². The first kappa shape index (κ1) is 16.0. The van der Waals surface area contributed by atoms with E-state index in [2.05, 4.69) is 15.9 Å². The lowest BCUT2D eigenvalue weighted by atomic mass is 10.1. The smallest absolute Gasteiger partial charge is 0.253 e. The van der Waals surface area contributed by atoms with Gasteiger partial charge in [0, 0.05) is 44.3 Å². The highest BCUT2D eigenvalue weighted by molar-refractivity contribution is 9.09. The highest BCUT2D eigenvalue weighted by Gasteiger charge is 2.11. The maximum atomic E-state index is 12.3. The van der Waals surface area contributed by atoms with E-state index in [9.17, 15) is 4.79 Å². The first-order chi connectivity index (χ1) is 9.06. The van der Waals surface area contributed by atoms with E-state index in [1.807, 2.05) is 55.2 Å². The van der Waals surface area contributed by atoms with Crippen molar-refractivity contribution in [1.29, 1.82) is 0 Å². The molecule has 0 atom stereocenters. The molecule has 1 amide bonds. The van der Waals surface area contributed by atoms with Crippen molar-refractivity contribution in [2.45, 2.75) is 19.3 Å². The zero-order chi connectivity index (χ0) is 14.3. The Balaban J connectivity index is 2.58. The van der Waals surface area contributed by atoms with Gasteiger partial charge in [0.2, 0.25) is 0 Å². The van der Waals surface area contributed by atoms with Crippen LogP contribution in [0.15, 0.2) is 24.3 Å². The quantitative estimate of drug-likeness (QED) is 0.566. The first-order valence-corrected chi connectivity index (χ1v) is 7.77. The van der Waals surface area contributed by atoms with Crippen molar-refractivity contribution in [2.75, 3.05) is 37.9 Å². The molecule has 1 rings (SSSR count). The highest BCUT2D eigenvalue weighted by atomic mass is 79.9. The van der Waals surface area contributed by atoms with E-state index in [0.29, 0.717) is 0 Å². The van der Waals surface area contributed by atoms with Gasteiger partial charge in [-0.2, -0.15) is 0 Å². The van der Waals surface area contributed by atoms with Crippen molar-refractivity contribution in [1.82, 2.24) is 4.90 Å². The highest BCUT2D eigenvalue weighted by Crippen LogP contribution is 2.15. The van der Waals surface area contributed by atoms with Gasteiger partial charge in [-0.05, 0) is 31.0 Å². The number of rotatable bonds is 7. The Morgan fingerprint density at radius 2 is 1.89 bits per heavy atom. The number of anilines is 1. The van der Waals surface area contributed by atoms with Gasteiger partial charge in [0.1, 0.15) is 0 Å². The third-order valence-electron chi connectivity index (χ3n) is 3.08. The Labute approximate surface area is 124 Å². The van der Waals surface area contributed by atoms with Crippen molar-refractivity contribution < 1.29 is 4.79 Å². The Kier molecular flexibility index (Phi) is 6.92. The second-order valence-corrected chi connectivity index (χ2v) is 5.71. The second-order valence-electron chi connectivity index (χ2n) is 4.92. The van der Waals surface area contributed by atoms with Crippen LogP contribution in [0.3, 0.4) is 0 Å². The van der Waals surface area contributed by atoms with Gasteiger partial charge in [-0.1, -0.05) is 28.4 Å². The molecule has 0 N–H and O–H groups in total. The molecule has 0 unspecified atom stereocenters. The molecule has 0 spiro atoms. The molecule has 3 nitrogen and oxygen atoms in total. The van der Waals surface area contributed by atoms with E-state index < -0.39 is 0 Å². The van der Waals surface area contributed by atoms with Crippen LogP contribution in [0, 0.1) is 0 Å². The minimum atomic E-state index is 0.0996. The fraction of sp³-hybridized carbons (Fsp3) is 0.533. The van der Waals surface area contributed by atoms with Crippen LogP contribution < -0.4 is 4.90 Å².